The van der Waals surface area contributed by atoms with Crippen molar-refractivity contribution < 1.29 is 9.53 Å². The fourth-order valence-electron chi connectivity index (χ4n) is 2.10. The minimum absolute atomic E-state index is 0.127. The van der Waals surface area contributed by atoms with Crippen LogP contribution < -0.4 is 15.8 Å². The van der Waals surface area contributed by atoms with Gasteiger partial charge in [0.1, 0.15) is 12.4 Å². The fourth-order valence-corrected chi connectivity index (χ4v) is 2.10. The third-order valence-electron chi connectivity index (χ3n) is 3.46. The van der Waals surface area contributed by atoms with Crippen molar-refractivity contribution >= 4 is 11.6 Å². The van der Waals surface area contributed by atoms with Crippen LogP contribution in [0, 0.1) is 0 Å². The van der Waals surface area contributed by atoms with Gasteiger partial charge < -0.3 is 20.7 Å². The smallest absolute Gasteiger partial charge is 0.255 e. The topological polar surface area (TPSA) is 67.6 Å². The number of likely N-dealkylation sites (N-methyl/N-ethyl adjacent to an activating group) is 1. The summed E-state index contributed by atoms with van der Waals surface area (Å²) in [7, 11) is 2.10. The number of benzene rings is 1. The molecule has 0 aromatic heterocycles. The molecule has 1 fully saturated rings. The maximum atomic E-state index is 11.9. The van der Waals surface area contributed by atoms with Crippen molar-refractivity contribution in [1.82, 2.24) is 10.2 Å². The third kappa shape index (κ3) is 3.87. The van der Waals surface area contributed by atoms with E-state index in [1.165, 1.54) is 12.8 Å². The first-order valence-corrected chi connectivity index (χ1v) is 7.12. The summed E-state index contributed by atoms with van der Waals surface area (Å²) < 4.78 is 5.75. The Kier molecular flexibility index (Phi) is 4.84. The number of carbonyl (C=O) groups is 1. The first-order chi connectivity index (χ1) is 9.61. The summed E-state index contributed by atoms with van der Waals surface area (Å²) in [6, 6.07) is 5.85. The minimum atomic E-state index is -0.127. The summed E-state index contributed by atoms with van der Waals surface area (Å²) in [6.07, 6.45) is 2.55. The predicted octanol–water partition coefficient (Wildman–Crippen LogP) is 1.49. The van der Waals surface area contributed by atoms with E-state index in [0.29, 0.717) is 36.2 Å². The second-order valence-corrected chi connectivity index (χ2v) is 5.18. The van der Waals surface area contributed by atoms with Gasteiger partial charge in [-0.2, -0.15) is 0 Å². The highest BCUT2D eigenvalue weighted by Crippen LogP contribution is 2.25. The van der Waals surface area contributed by atoms with Gasteiger partial charge in [0.15, 0.2) is 0 Å². The van der Waals surface area contributed by atoms with Crippen molar-refractivity contribution in [1.29, 1.82) is 0 Å². The maximum Gasteiger partial charge on any atom is 0.255 e. The lowest BCUT2D eigenvalue weighted by Gasteiger charge is -2.17. The summed E-state index contributed by atoms with van der Waals surface area (Å²) >= 11 is 0. The predicted molar refractivity (Wildman–Crippen MR) is 80.0 cm³/mol. The van der Waals surface area contributed by atoms with Crippen LogP contribution in [0.1, 0.15) is 30.1 Å². The summed E-state index contributed by atoms with van der Waals surface area (Å²) in [6.45, 7) is 3.89. The van der Waals surface area contributed by atoms with Crippen molar-refractivity contribution in [2.45, 2.75) is 25.8 Å². The molecule has 0 saturated heterocycles. The number of hydrogen-bond acceptors (Lipinski definition) is 4. The van der Waals surface area contributed by atoms with Gasteiger partial charge in [-0.15, -0.1) is 0 Å². The molecule has 5 nitrogen and oxygen atoms in total. The SMILES string of the molecule is CCNC(=O)c1ccc(N)cc1OCCN(C)C1CC1. The van der Waals surface area contributed by atoms with Crippen LogP contribution in [0.2, 0.25) is 0 Å². The summed E-state index contributed by atoms with van der Waals surface area (Å²) in [5.74, 6) is 0.429. The zero-order valence-electron chi connectivity index (χ0n) is 12.2. The van der Waals surface area contributed by atoms with Gasteiger partial charge in [-0.25, -0.2) is 0 Å². The minimum Gasteiger partial charge on any atom is -0.491 e. The molecular weight excluding hydrogens is 254 g/mol. The van der Waals surface area contributed by atoms with Gasteiger partial charge >= 0.3 is 0 Å². The molecule has 1 aliphatic carbocycles. The second kappa shape index (κ2) is 6.61. The molecule has 3 N–H and O–H groups in total. The average molecular weight is 277 g/mol. The number of anilines is 1. The molecule has 0 spiro atoms. The van der Waals surface area contributed by atoms with Crippen molar-refractivity contribution in [3.8, 4) is 5.75 Å². The first-order valence-electron chi connectivity index (χ1n) is 7.12. The Labute approximate surface area is 120 Å². The van der Waals surface area contributed by atoms with E-state index in [9.17, 15) is 4.79 Å². The molecule has 110 valence electrons. The number of amides is 1. The van der Waals surface area contributed by atoms with E-state index in [0.717, 1.165) is 6.54 Å². The molecule has 1 aliphatic rings. The molecule has 0 unspecified atom stereocenters. The van der Waals surface area contributed by atoms with E-state index in [4.69, 9.17) is 10.5 Å². The maximum absolute atomic E-state index is 11.9. The lowest BCUT2D eigenvalue weighted by Crippen LogP contribution is -2.27. The lowest BCUT2D eigenvalue weighted by atomic mass is 10.1. The number of nitrogens with two attached hydrogens (primary N) is 1. The number of rotatable bonds is 7. The number of nitrogens with zero attached hydrogens (tertiary/aromatic N) is 1. The summed E-state index contributed by atoms with van der Waals surface area (Å²) in [5.41, 5.74) is 6.91. The van der Waals surface area contributed by atoms with Gasteiger partial charge in [-0.1, -0.05) is 0 Å². The van der Waals surface area contributed by atoms with Crippen LogP contribution in [0.15, 0.2) is 18.2 Å². The molecule has 1 aromatic carbocycles. The van der Waals surface area contributed by atoms with Crippen LogP contribution in [0.25, 0.3) is 0 Å². The number of nitrogens with one attached hydrogen (secondary N) is 1. The van der Waals surface area contributed by atoms with Crippen LogP contribution in [-0.4, -0.2) is 43.6 Å². The molecule has 0 heterocycles. The Morgan fingerprint density at radius 3 is 2.90 bits per heavy atom. The summed E-state index contributed by atoms with van der Waals surface area (Å²) in [4.78, 5) is 14.2. The molecular formula is C15H23N3O2. The second-order valence-electron chi connectivity index (χ2n) is 5.18. The van der Waals surface area contributed by atoms with Gasteiger partial charge in [0.2, 0.25) is 0 Å². The number of nitrogen functional groups attached to an aromatic ring is 1. The van der Waals surface area contributed by atoms with Crippen molar-refractivity contribution in [3.63, 3.8) is 0 Å². The summed E-state index contributed by atoms with van der Waals surface area (Å²) in [5, 5.41) is 2.78. The van der Waals surface area contributed by atoms with Crippen LogP contribution in [0.5, 0.6) is 5.75 Å². The molecule has 2 rings (SSSR count). The Bertz CT molecular complexity index is 472. The number of hydrogen-bond donors (Lipinski definition) is 2. The van der Waals surface area contributed by atoms with Gasteiger partial charge in [0.05, 0.1) is 5.56 Å². The van der Waals surface area contributed by atoms with Gasteiger partial charge in [0.25, 0.3) is 5.91 Å². The van der Waals surface area contributed by atoms with E-state index in [1.807, 2.05) is 6.92 Å². The molecule has 0 aliphatic heterocycles. The van der Waals surface area contributed by atoms with Crippen LogP contribution in [0.4, 0.5) is 5.69 Å². The van der Waals surface area contributed by atoms with Crippen LogP contribution in [0.3, 0.4) is 0 Å². The Hall–Kier alpha value is -1.75. The standard InChI is InChI=1S/C15H23N3O2/c1-3-17-15(19)13-7-4-11(16)10-14(13)20-9-8-18(2)12-5-6-12/h4,7,10,12H,3,5-6,8-9,16H2,1-2H3,(H,17,19). The number of carbonyl (C=O) groups excluding carboxylic acids is 1. The van der Waals surface area contributed by atoms with E-state index in [2.05, 4.69) is 17.3 Å². The van der Waals surface area contributed by atoms with Gasteiger partial charge in [0, 0.05) is 30.9 Å². The first kappa shape index (κ1) is 14.7. The molecule has 1 saturated carbocycles. The average Bonchev–Trinajstić information content (AvgIpc) is 3.23. The molecule has 1 aromatic rings. The van der Waals surface area contributed by atoms with Crippen LogP contribution in [-0.2, 0) is 0 Å². The van der Waals surface area contributed by atoms with Crippen molar-refractivity contribution in [2.75, 3.05) is 32.5 Å². The molecule has 1 amide bonds. The molecule has 0 radical (unpaired) electrons. The Morgan fingerprint density at radius 2 is 2.25 bits per heavy atom. The Balaban J connectivity index is 1.97. The zero-order valence-corrected chi connectivity index (χ0v) is 12.2. The molecule has 20 heavy (non-hydrogen) atoms. The van der Waals surface area contributed by atoms with E-state index in [1.54, 1.807) is 18.2 Å². The highest BCUT2D eigenvalue weighted by atomic mass is 16.5. The van der Waals surface area contributed by atoms with E-state index >= 15 is 0 Å². The quantitative estimate of drug-likeness (QED) is 0.741. The fraction of sp³-hybridized carbons (Fsp3) is 0.533. The molecule has 5 heteroatoms. The molecule has 0 bridgehead atoms. The highest BCUT2D eigenvalue weighted by molar-refractivity contribution is 5.97. The monoisotopic (exact) mass is 277 g/mol. The number of ether oxygens (including phenoxy) is 1. The highest BCUT2D eigenvalue weighted by Gasteiger charge is 2.25. The van der Waals surface area contributed by atoms with Gasteiger partial charge in [-0.3, -0.25) is 4.79 Å². The van der Waals surface area contributed by atoms with Crippen LogP contribution >= 0.6 is 0 Å². The van der Waals surface area contributed by atoms with Crippen molar-refractivity contribution in [2.24, 2.45) is 0 Å². The van der Waals surface area contributed by atoms with E-state index in [-0.39, 0.29) is 5.91 Å². The third-order valence-corrected chi connectivity index (χ3v) is 3.46. The zero-order chi connectivity index (χ0) is 14.5. The van der Waals surface area contributed by atoms with E-state index < -0.39 is 0 Å². The van der Waals surface area contributed by atoms with Gasteiger partial charge in [-0.05, 0) is 38.9 Å². The van der Waals surface area contributed by atoms with Crippen molar-refractivity contribution in [3.05, 3.63) is 23.8 Å². The molecule has 0 atom stereocenters. The Morgan fingerprint density at radius 1 is 1.50 bits per heavy atom. The largest absolute Gasteiger partial charge is 0.491 e. The lowest BCUT2D eigenvalue weighted by molar-refractivity contribution is 0.0951. The normalized spacial score (nSPS) is 14.3.